The number of rotatable bonds is 2. The highest BCUT2D eigenvalue weighted by Gasteiger charge is 2.31. The number of thiophene rings is 1. The number of nitrogens with zero attached hydrogens (tertiary/aromatic N) is 1. The first kappa shape index (κ1) is 12.8. The predicted octanol–water partition coefficient (Wildman–Crippen LogP) is 3.70. The van der Waals surface area contributed by atoms with Crippen LogP contribution in [0.1, 0.15) is 26.5 Å². The Morgan fingerprint density at radius 3 is 2.44 bits per heavy atom. The molecule has 2 heterocycles. The lowest BCUT2D eigenvalue weighted by Gasteiger charge is -2.06. The number of aromatic nitrogens is 1. The largest absolute Gasteiger partial charge is 0.417 e. The minimum Gasteiger partial charge on any atom is -0.286 e. The highest BCUT2D eigenvalue weighted by atomic mass is 32.1. The van der Waals surface area contributed by atoms with Crippen LogP contribution in [0.2, 0.25) is 0 Å². The second kappa shape index (κ2) is 4.53. The number of hydrogen-bond acceptors (Lipinski definition) is 3. The van der Waals surface area contributed by atoms with Gasteiger partial charge < -0.3 is 0 Å². The summed E-state index contributed by atoms with van der Waals surface area (Å²) in [5, 5.41) is 1.76. The standard InChI is InChI=1S/C12H8F3NOS/c1-7-4-5-18-11(7)10(17)9-3-2-8(6-16-9)12(13,14)15/h2-6H,1H3. The molecule has 2 aromatic heterocycles. The zero-order valence-corrected chi connectivity index (χ0v) is 10.1. The third kappa shape index (κ3) is 2.43. The zero-order chi connectivity index (χ0) is 13.3. The second-order valence-electron chi connectivity index (χ2n) is 3.69. The normalized spacial score (nSPS) is 11.6. The van der Waals surface area contributed by atoms with Gasteiger partial charge in [0.2, 0.25) is 5.78 Å². The van der Waals surface area contributed by atoms with Crippen LogP contribution in [0.25, 0.3) is 0 Å². The molecule has 0 atom stereocenters. The fourth-order valence-corrected chi connectivity index (χ4v) is 2.29. The van der Waals surface area contributed by atoms with Crippen LogP contribution in [0.3, 0.4) is 0 Å². The molecule has 0 bridgehead atoms. The number of hydrogen-bond donors (Lipinski definition) is 0. The van der Waals surface area contributed by atoms with Gasteiger partial charge in [0.1, 0.15) is 5.69 Å². The minimum absolute atomic E-state index is 0.0218. The molecule has 0 unspecified atom stereocenters. The first-order valence-electron chi connectivity index (χ1n) is 5.01. The van der Waals surface area contributed by atoms with Crippen molar-refractivity contribution in [3.05, 3.63) is 51.5 Å². The number of carbonyl (C=O) groups excluding carboxylic acids is 1. The van der Waals surface area contributed by atoms with E-state index in [9.17, 15) is 18.0 Å². The fraction of sp³-hybridized carbons (Fsp3) is 0.167. The molecular formula is C12H8F3NOS. The van der Waals surface area contributed by atoms with Crippen molar-refractivity contribution in [2.75, 3.05) is 0 Å². The predicted molar refractivity (Wildman–Crippen MR) is 61.7 cm³/mol. The Kier molecular flexibility index (Phi) is 3.21. The van der Waals surface area contributed by atoms with Crippen LogP contribution in [0.5, 0.6) is 0 Å². The Labute approximate surface area is 105 Å². The summed E-state index contributed by atoms with van der Waals surface area (Å²) in [6.45, 7) is 1.77. The van der Waals surface area contributed by atoms with Gasteiger partial charge >= 0.3 is 6.18 Å². The van der Waals surface area contributed by atoms with Gasteiger partial charge in [-0.25, -0.2) is 0 Å². The quantitative estimate of drug-likeness (QED) is 0.779. The Bertz CT molecular complexity index is 572. The van der Waals surface area contributed by atoms with E-state index in [2.05, 4.69) is 4.98 Å². The second-order valence-corrected chi connectivity index (χ2v) is 4.61. The van der Waals surface area contributed by atoms with Gasteiger partial charge in [0.15, 0.2) is 0 Å². The van der Waals surface area contributed by atoms with E-state index in [1.54, 1.807) is 18.4 Å². The highest BCUT2D eigenvalue weighted by Crippen LogP contribution is 2.28. The summed E-state index contributed by atoms with van der Waals surface area (Å²) in [7, 11) is 0. The summed E-state index contributed by atoms with van der Waals surface area (Å²) in [5.41, 5.74) is -0.0396. The molecule has 0 saturated heterocycles. The molecule has 0 aliphatic heterocycles. The molecule has 0 aromatic carbocycles. The van der Waals surface area contributed by atoms with Gasteiger partial charge in [0, 0.05) is 6.20 Å². The van der Waals surface area contributed by atoms with E-state index in [1.165, 1.54) is 11.3 Å². The summed E-state index contributed by atoms with van der Waals surface area (Å²) in [6, 6.07) is 3.75. The molecule has 6 heteroatoms. The van der Waals surface area contributed by atoms with Crippen molar-refractivity contribution in [3.8, 4) is 0 Å². The number of pyridine rings is 1. The molecule has 94 valence electrons. The maximum atomic E-state index is 12.3. The van der Waals surface area contributed by atoms with E-state index in [-0.39, 0.29) is 11.5 Å². The van der Waals surface area contributed by atoms with Crippen molar-refractivity contribution < 1.29 is 18.0 Å². The van der Waals surface area contributed by atoms with Crippen LogP contribution in [0.15, 0.2) is 29.8 Å². The lowest BCUT2D eigenvalue weighted by molar-refractivity contribution is -0.137. The molecule has 18 heavy (non-hydrogen) atoms. The Hall–Kier alpha value is -1.69. The van der Waals surface area contributed by atoms with E-state index >= 15 is 0 Å². The molecule has 2 rings (SSSR count). The van der Waals surface area contributed by atoms with Crippen molar-refractivity contribution in [1.29, 1.82) is 0 Å². The third-order valence-corrected chi connectivity index (χ3v) is 3.41. The molecule has 0 aliphatic carbocycles. The third-order valence-electron chi connectivity index (χ3n) is 2.39. The van der Waals surface area contributed by atoms with Gasteiger partial charge in [-0.15, -0.1) is 11.3 Å². The average Bonchev–Trinajstić information content (AvgIpc) is 2.73. The summed E-state index contributed by atoms with van der Waals surface area (Å²) in [5.74, 6) is -0.351. The molecule has 0 N–H and O–H groups in total. The van der Waals surface area contributed by atoms with Gasteiger partial charge in [-0.1, -0.05) is 0 Å². The Morgan fingerprint density at radius 1 is 1.28 bits per heavy atom. The molecule has 0 saturated carbocycles. The molecule has 2 aromatic rings. The zero-order valence-electron chi connectivity index (χ0n) is 9.28. The maximum absolute atomic E-state index is 12.3. The van der Waals surface area contributed by atoms with Crippen LogP contribution in [0, 0.1) is 6.92 Å². The van der Waals surface area contributed by atoms with E-state index in [4.69, 9.17) is 0 Å². The van der Waals surface area contributed by atoms with Crippen LogP contribution in [0.4, 0.5) is 13.2 Å². The molecule has 0 fully saturated rings. The summed E-state index contributed by atoms with van der Waals surface area (Å²) in [6.07, 6.45) is -3.76. The van der Waals surface area contributed by atoms with Gasteiger partial charge in [0.25, 0.3) is 0 Å². The average molecular weight is 271 g/mol. The summed E-state index contributed by atoms with van der Waals surface area (Å²) in [4.78, 5) is 16.0. The lowest BCUT2D eigenvalue weighted by Crippen LogP contribution is -2.08. The first-order chi connectivity index (χ1) is 8.39. The van der Waals surface area contributed by atoms with Gasteiger partial charge in [-0.05, 0) is 36.1 Å². The molecule has 2 nitrogen and oxygen atoms in total. The molecule has 0 aliphatic rings. The van der Waals surface area contributed by atoms with E-state index in [1.807, 2.05) is 0 Å². The fourth-order valence-electron chi connectivity index (χ4n) is 1.42. The SMILES string of the molecule is Cc1ccsc1C(=O)c1ccc(C(F)(F)F)cn1. The van der Waals surface area contributed by atoms with Crippen LogP contribution >= 0.6 is 11.3 Å². The van der Waals surface area contributed by atoms with Crippen LogP contribution in [-0.2, 0) is 6.18 Å². The van der Waals surface area contributed by atoms with Crippen molar-refractivity contribution >= 4 is 17.1 Å². The van der Waals surface area contributed by atoms with Crippen molar-refractivity contribution in [1.82, 2.24) is 4.98 Å². The topological polar surface area (TPSA) is 30.0 Å². The van der Waals surface area contributed by atoms with E-state index < -0.39 is 11.7 Å². The van der Waals surface area contributed by atoms with Crippen molar-refractivity contribution in [2.24, 2.45) is 0 Å². The smallest absolute Gasteiger partial charge is 0.286 e. The van der Waals surface area contributed by atoms with Crippen molar-refractivity contribution in [2.45, 2.75) is 13.1 Å². The van der Waals surface area contributed by atoms with E-state index in [0.717, 1.165) is 17.7 Å². The molecule has 0 spiro atoms. The molecule has 0 amide bonds. The van der Waals surface area contributed by atoms with Crippen molar-refractivity contribution in [3.63, 3.8) is 0 Å². The maximum Gasteiger partial charge on any atom is 0.417 e. The van der Waals surface area contributed by atoms with E-state index in [0.29, 0.717) is 11.1 Å². The number of carbonyl (C=O) groups is 1. The Balaban J connectivity index is 2.31. The highest BCUT2D eigenvalue weighted by molar-refractivity contribution is 7.12. The lowest BCUT2D eigenvalue weighted by atomic mass is 10.1. The monoisotopic (exact) mass is 271 g/mol. The first-order valence-corrected chi connectivity index (χ1v) is 5.89. The van der Waals surface area contributed by atoms with Crippen LogP contribution < -0.4 is 0 Å². The summed E-state index contributed by atoms with van der Waals surface area (Å²) >= 11 is 1.25. The number of halogens is 3. The van der Waals surface area contributed by atoms with Crippen LogP contribution in [-0.4, -0.2) is 10.8 Å². The van der Waals surface area contributed by atoms with Gasteiger partial charge in [-0.3, -0.25) is 9.78 Å². The molecule has 0 radical (unpaired) electrons. The Morgan fingerprint density at radius 2 is 2.00 bits per heavy atom. The molecular weight excluding hydrogens is 263 g/mol. The minimum atomic E-state index is -4.44. The number of aryl methyl sites for hydroxylation is 1. The number of alkyl halides is 3. The van der Waals surface area contributed by atoms with Gasteiger partial charge in [-0.2, -0.15) is 13.2 Å². The number of ketones is 1. The van der Waals surface area contributed by atoms with Gasteiger partial charge in [0.05, 0.1) is 10.4 Å². The summed E-state index contributed by atoms with van der Waals surface area (Å²) < 4.78 is 37.0.